The van der Waals surface area contributed by atoms with Gasteiger partial charge in [0, 0.05) is 20.8 Å². The van der Waals surface area contributed by atoms with E-state index in [1.807, 2.05) is 17.5 Å². The quantitative estimate of drug-likeness (QED) is 0.727. The molecule has 1 heterocycles. The van der Waals surface area contributed by atoms with Crippen LogP contribution in [0.5, 0.6) is 0 Å². The number of benzene rings is 2. The monoisotopic (exact) mass is 288 g/mol. The predicted octanol–water partition coefficient (Wildman–Crippen LogP) is 4.92. The SMILES string of the molecule is O=C(O)c1ccc(-c2cccc3ccsc23)c(Cl)c1. The Kier molecular flexibility index (Phi) is 3.01. The molecule has 1 aromatic heterocycles. The molecular weight excluding hydrogens is 280 g/mol. The lowest BCUT2D eigenvalue weighted by Crippen LogP contribution is -1.95. The van der Waals surface area contributed by atoms with Gasteiger partial charge in [0.1, 0.15) is 0 Å². The molecule has 0 aliphatic carbocycles. The highest BCUT2D eigenvalue weighted by atomic mass is 35.5. The molecule has 0 atom stereocenters. The van der Waals surface area contributed by atoms with Crippen molar-refractivity contribution in [2.24, 2.45) is 0 Å². The van der Waals surface area contributed by atoms with E-state index >= 15 is 0 Å². The van der Waals surface area contributed by atoms with E-state index in [1.54, 1.807) is 23.5 Å². The van der Waals surface area contributed by atoms with Crippen molar-refractivity contribution >= 4 is 39.0 Å². The zero-order valence-electron chi connectivity index (χ0n) is 9.76. The first-order valence-electron chi connectivity index (χ1n) is 5.66. The molecule has 2 nitrogen and oxygen atoms in total. The maximum Gasteiger partial charge on any atom is 0.335 e. The third-order valence-electron chi connectivity index (χ3n) is 2.99. The number of carboxylic acids is 1. The highest BCUT2D eigenvalue weighted by Crippen LogP contribution is 2.36. The average Bonchev–Trinajstić information content (AvgIpc) is 2.86. The summed E-state index contributed by atoms with van der Waals surface area (Å²) in [5.41, 5.74) is 2.10. The van der Waals surface area contributed by atoms with Crippen molar-refractivity contribution in [3.05, 3.63) is 58.4 Å². The number of carbonyl (C=O) groups is 1. The Morgan fingerprint density at radius 1 is 1.11 bits per heavy atom. The molecule has 19 heavy (non-hydrogen) atoms. The van der Waals surface area contributed by atoms with Gasteiger partial charge in [0.05, 0.1) is 5.56 Å². The first kappa shape index (κ1) is 12.2. The van der Waals surface area contributed by atoms with Gasteiger partial charge in [-0.1, -0.05) is 35.9 Å². The molecule has 2 aromatic carbocycles. The van der Waals surface area contributed by atoms with Crippen LogP contribution < -0.4 is 0 Å². The molecule has 4 heteroatoms. The third kappa shape index (κ3) is 2.11. The van der Waals surface area contributed by atoms with Crippen LogP contribution >= 0.6 is 22.9 Å². The van der Waals surface area contributed by atoms with Crippen molar-refractivity contribution in [3.63, 3.8) is 0 Å². The van der Waals surface area contributed by atoms with Crippen molar-refractivity contribution in [1.29, 1.82) is 0 Å². The standard InChI is InChI=1S/C15H9ClO2S/c16-13-8-10(15(17)18)4-5-11(13)12-3-1-2-9-6-7-19-14(9)12/h1-8H,(H,17,18). The van der Waals surface area contributed by atoms with Crippen LogP contribution in [0.2, 0.25) is 5.02 Å². The van der Waals surface area contributed by atoms with Crippen LogP contribution in [0.3, 0.4) is 0 Å². The Morgan fingerprint density at radius 2 is 1.95 bits per heavy atom. The third-order valence-corrected chi connectivity index (χ3v) is 4.26. The van der Waals surface area contributed by atoms with E-state index in [9.17, 15) is 4.79 Å². The molecular formula is C15H9ClO2S. The summed E-state index contributed by atoms with van der Waals surface area (Å²) in [5.74, 6) is -0.970. The molecule has 0 spiro atoms. The second-order valence-electron chi connectivity index (χ2n) is 4.14. The lowest BCUT2D eigenvalue weighted by Gasteiger charge is -2.07. The van der Waals surface area contributed by atoms with E-state index in [1.165, 1.54) is 11.5 Å². The van der Waals surface area contributed by atoms with Gasteiger partial charge < -0.3 is 5.11 Å². The Morgan fingerprint density at radius 3 is 2.68 bits per heavy atom. The molecule has 0 amide bonds. The minimum atomic E-state index is -0.970. The normalized spacial score (nSPS) is 10.8. The Bertz CT molecular complexity index is 777. The van der Waals surface area contributed by atoms with Crippen molar-refractivity contribution in [3.8, 4) is 11.1 Å². The van der Waals surface area contributed by atoms with E-state index in [-0.39, 0.29) is 5.56 Å². The summed E-state index contributed by atoms with van der Waals surface area (Å²) in [4.78, 5) is 10.9. The summed E-state index contributed by atoms with van der Waals surface area (Å²) >= 11 is 7.87. The maximum absolute atomic E-state index is 10.9. The van der Waals surface area contributed by atoms with E-state index in [2.05, 4.69) is 12.1 Å². The van der Waals surface area contributed by atoms with Gasteiger partial charge in [0.15, 0.2) is 0 Å². The van der Waals surface area contributed by atoms with Gasteiger partial charge in [-0.3, -0.25) is 0 Å². The molecule has 1 N–H and O–H groups in total. The average molecular weight is 289 g/mol. The number of thiophene rings is 1. The van der Waals surface area contributed by atoms with Crippen molar-refractivity contribution in [1.82, 2.24) is 0 Å². The minimum Gasteiger partial charge on any atom is -0.478 e. The summed E-state index contributed by atoms with van der Waals surface area (Å²) in [6, 6.07) is 12.9. The van der Waals surface area contributed by atoms with Crippen molar-refractivity contribution in [2.75, 3.05) is 0 Å². The maximum atomic E-state index is 10.9. The highest BCUT2D eigenvalue weighted by Gasteiger charge is 2.11. The summed E-state index contributed by atoms with van der Waals surface area (Å²) in [6.45, 7) is 0. The smallest absolute Gasteiger partial charge is 0.335 e. The minimum absolute atomic E-state index is 0.201. The zero-order valence-corrected chi connectivity index (χ0v) is 11.3. The summed E-state index contributed by atoms with van der Waals surface area (Å²) < 4.78 is 1.16. The largest absolute Gasteiger partial charge is 0.478 e. The second-order valence-corrected chi connectivity index (χ2v) is 5.47. The fourth-order valence-corrected chi connectivity index (χ4v) is 3.28. The van der Waals surface area contributed by atoms with Gasteiger partial charge in [-0.15, -0.1) is 11.3 Å². The van der Waals surface area contributed by atoms with Gasteiger partial charge in [0.25, 0.3) is 0 Å². The topological polar surface area (TPSA) is 37.3 Å². The molecule has 3 rings (SSSR count). The molecule has 0 saturated heterocycles. The molecule has 3 aromatic rings. The number of halogens is 1. The van der Waals surface area contributed by atoms with Crippen LogP contribution in [0, 0.1) is 0 Å². The van der Waals surface area contributed by atoms with Crippen molar-refractivity contribution in [2.45, 2.75) is 0 Å². The van der Waals surface area contributed by atoms with Crippen LogP contribution in [-0.4, -0.2) is 11.1 Å². The Balaban J connectivity index is 2.22. The van der Waals surface area contributed by atoms with Gasteiger partial charge >= 0.3 is 5.97 Å². The summed E-state index contributed by atoms with van der Waals surface area (Å²) in [7, 11) is 0. The number of hydrogen-bond donors (Lipinski definition) is 1. The van der Waals surface area contributed by atoms with Crippen LogP contribution in [0.4, 0.5) is 0 Å². The molecule has 0 bridgehead atoms. The molecule has 0 saturated carbocycles. The fourth-order valence-electron chi connectivity index (χ4n) is 2.07. The van der Waals surface area contributed by atoms with E-state index in [0.717, 1.165) is 15.8 Å². The second kappa shape index (κ2) is 4.68. The van der Waals surface area contributed by atoms with Crippen LogP contribution in [0.25, 0.3) is 21.2 Å². The van der Waals surface area contributed by atoms with Crippen LogP contribution in [-0.2, 0) is 0 Å². The first-order chi connectivity index (χ1) is 9.16. The van der Waals surface area contributed by atoms with Gasteiger partial charge in [-0.05, 0) is 29.0 Å². The van der Waals surface area contributed by atoms with Gasteiger partial charge in [0.2, 0.25) is 0 Å². The van der Waals surface area contributed by atoms with E-state index in [4.69, 9.17) is 16.7 Å². The number of fused-ring (bicyclic) bond motifs is 1. The first-order valence-corrected chi connectivity index (χ1v) is 6.92. The number of aromatic carboxylic acids is 1. The van der Waals surface area contributed by atoms with Crippen molar-refractivity contribution < 1.29 is 9.90 Å². The van der Waals surface area contributed by atoms with Crippen LogP contribution in [0.15, 0.2) is 47.8 Å². The molecule has 0 fully saturated rings. The number of rotatable bonds is 2. The lowest BCUT2D eigenvalue weighted by molar-refractivity contribution is 0.0697. The highest BCUT2D eigenvalue weighted by molar-refractivity contribution is 7.17. The van der Waals surface area contributed by atoms with Crippen LogP contribution in [0.1, 0.15) is 10.4 Å². The van der Waals surface area contributed by atoms with E-state index < -0.39 is 5.97 Å². The Hall–Kier alpha value is -1.84. The molecule has 0 aliphatic heterocycles. The molecule has 0 aliphatic rings. The Labute approximate surface area is 118 Å². The molecule has 94 valence electrons. The van der Waals surface area contributed by atoms with Gasteiger partial charge in [-0.25, -0.2) is 4.79 Å². The molecule has 0 unspecified atom stereocenters. The fraction of sp³-hybridized carbons (Fsp3) is 0. The predicted molar refractivity (Wildman–Crippen MR) is 79.2 cm³/mol. The summed E-state index contributed by atoms with van der Waals surface area (Å²) in [6.07, 6.45) is 0. The summed E-state index contributed by atoms with van der Waals surface area (Å²) in [5, 5.41) is 12.6. The molecule has 0 radical (unpaired) electrons. The number of hydrogen-bond acceptors (Lipinski definition) is 2. The number of carboxylic acid groups (broad SMARTS) is 1. The van der Waals surface area contributed by atoms with E-state index in [0.29, 0.717) is 5.02 Å². The van der Waals surface area contributed by atoms with Gasteiger partial charge in [-0.2, -0.15) is 0 Å². The zero-order chi connectivity index (χ0) is 13.4. The lowest BCUT2D eigenvalue weighted by atomic mass is 10.0.